The highest BCUT2D eigenvalue weighted by Gasteiger charge is 2.14. The average molecular weight is 327 g/mol. The molecule has 0 aliphatic rings. The van der Waals surface area contributed by atoms with Gasteiger partial charge in [0, 0.05) is 17.1 Å². The van der Waals surface area contributed by atoms with Crippen molar-refractivity contribution in [3.63, 3.8) is 0 Å². The lowest BCUT2D eigenvalue weighted by Crippen LogP contribution is -1.95. The van der Waals surface area contributed by atoms with Crippen molar-refractivity contribution in [2.75, 3.05) is 21.3 Å². The zero-order valence-electron chi connectivity index (χ0n) is 13.2. The van der Waals surface area contributed by atoms with Crippen LogP contribution in [0.15, 0.2) is 48.0 Å². The molecule has 0 N–H and O–H groups in total. The summed E-state index contributed by atoms with van der Waals surface area (Å²) in [7, 11) is 4.84. The number of rotatable bonds is 5. The maximum Gasteiger partial charge on any atom is 0.203 e. The maximum absolute atomic E-state index is 5.43. The van der Waals surface area contributed by atoms with Gasteiger partial charge in [-0.3, -0.25) is 0 Å². The molecule has 0 aliphatic heterocycles. The topological polar surface area (TPSA) is 40.6 Å². The van der Waals surface area contributed by atoms with Crippen LogP contribution in [-0.4, -0.2) is 26.3 Å². The Balaban J connectivity index is 2.10. The molecule has 3 aromatic rings. The third-order valence-electron chi connectivity index (χ3n) is 3.54. The summed E-state index contributed by atoms with van der Waals surface area (Å²) in [4.78, 5) is 4.37. The molecular weight excluding hydrogens is 310 g/mol. The highest BCUT2D eigenvalue weighted by Crippen LogP contribution is 2.41. The minimum absolute atomic E-state index is 0.592. The molecule has 0 fully saturated rings. The fourth-order valence-electron chi connectivity index (χ4n) is 2.45. The monoisotopic (exact) mass is 327 g/mol. The van der Waals surface area contributed by atoms with E-state index in [4.69, 9.17) is 14.2 Å². The second kappa shape index (κ2) is 6.71. The molecule has 5 heteroatoms. The van der Waals surface area contributed by atoms with Crippen molar-refractivity contribution in [3.05, 3.63) is 48.0 Å². The van der Waals surface area contributed by atoms with E-state index in [2.05, 4.69) is 23.2 Å². The molecule has 2 aromatic carbocycles. The third-order valence-corrected chi connectivity index (χ3v) is 4.36. The van der Waals surface area contributed by atoms with Crippen molar-refractivity contribution in [1.29, 1.82) is 0 Å². The SMILES string of the molecule is COc1cc(-c2cccc(-c3nccs3)c2)cc(OC)c1OC. The Kier molecular flexibility index (Phi) is 4.48. The fourth-order valence-corrected chi connectivity index (χ4v) is 3.08. The molecule has 23 heavy (non-hydrogen) atoms. The summed E-state index contributed by atoms with van der Waals surface area (Å²) in [6.45, 7) is 0. The highest BCUT2D eigenvalue weighted by molar-refractivity contribution is 7.13. The van der Waals surface area contributed by atoms with Crippen molar-refractivity contribution in [2.24, 2.45) is 0 Å². The summed E-state index contributed by atoms with van der Waals surface area (Å²) in [5, 5.41) is 2.97. The minimum atomic E-state index is 0.592. The van der Waals surface area contributed by atoms with Crippen molar-refractivity contribution in [1.82, 2.24) is 4.98 Å². The first-order valence-corrected chi connectivity index (χ1v) is 7.95. The molecule has 0 amide bonds. The van der Waals surface area contributed by atoms with E-state index in [-0.39, 0.29) is 0 Å². The Hall–Kier alpha value is -2.53. The van der Waals surface area contributed by atoms with Crippen LogP contribution in [0.4, 0.5) is 0 Å². The van der Waals surface area contributed by atoms with Gasteiger partial charge in [-0.25, -0.2) is 4.98 Å². The first-order chi connectivity index (χ1) is 11.3. The van der Waals surface area contributed by atoms with E-state index in [0.717, 1.165) is 21.7 Å². The lowest BCUT2D eigenvalue weighted by atomic mass is 10.0. The normalized spacial score (nSPS) is 10.4. The lowest BCUT2D eigenvalue weighted by molar-refractivity contribution is 0.324. The Morgan fingerprint density at radius 2 is 1.52 bits per heavy atom. The Bertz CT molecular complexity index is 775. The van der Waals surface area contributed by atoms with Gasteiger partial charge in [0.2, 0.25) is 5.75 Å². The van der Waals surface area contributed by atoms with Crippen LogP contribution in [0.3, 0.4) is 0 Å². The summed E-state index contributed by atoms with van der Waals surface area (Å²) in [6.07, 6.45) is 1.81. The van der Waals surface area contributed by atoms with E-state index in [1.165, 1.54) is 0 Å². The molecule has 1 aromatic heterocycles. The van der Waals surface area contributed by atoms with Crippen LogP contribution < -0.4 is 14.2 Å². The number of hydrogen-bond acceptors (Lipinski definition) is 5. The highest BCUT2D eigenvalue weighted by atomic mass is 32.1. The van der Waals surface area contributed by atoms with Gasteiger partial charge < -0.3 is 14.2 Å². The van der Waals surface area contributed by atoms with Gasteiger partial charge in [-0.1, -0.05) is 18.2 Å². The lowest BCUT2D eigenvalue weighted by Gasteiger charge is -2.14. The van der Waals surface area contributed by atoms with Crippen LogP contribution in [0.1, 0.15) is 0 Å². The zero-order chi connectivity index (χ0) is 16.2. The fraction of sp³-hybridized carbons (Fsp3) is 0.167. The van der Waals surface area contributed by atoms with E-state index in [9.17, 15) is 0 Å². The molecule has 0 saturated heterocycles. The predicted molar refractivity (Wildman–Crippen MR) is 92.6 cm³/mol. The molecule has 0 bridgehead atoms. The molecule has 1 heterocycles. The van der Waals surface area contributed by atoms with Gasteiger partial charge in [-0.2, -0.15) is 0 Å². The number of hydrogen-bond donors (Lipinski definition) is 0. The van der Waals surface area contributed by atoms with Gasteiger partial charge >= 0.3 is 0 Å². The van der Waals surface area contributed by atoms with E-state index in [1.54, 1.807) is 32.7 Å². The van der Waals surface area contributed by atoms with Crippen LogP contribution in [0, 0.1) is 0 Å². The first-order valence-electron chi connectivity index (χ1n) is 7.07. The Labute approximate surface area is 139 Å². The van der Waals surface area contributed by atoms with Crippen LogP contribution in [0.5, 0.6) is 17.2 Å². The van der Waals surface area contributed by atoms with Crippen LogP contribution in [0.25, 0.3) is 21.7 Å². The maximum atomic E-state index is 5.43. The second-order valence-corrected chi connectivity index (χ2v) is 5.73. The van der Waals surface area contributed by atoms with Gasteiger partial charge in [0.25, 0.3) is 0 Å². The number of ether oxygens (including phenoxy) is 3. The van der Waals surface area contributed by atoms with Crippen molar-refractivity contribution < 1.29 is 14.2 Å². The van der Waals surface area contributed by atoms with Crippen LogP contribution in [0.2, 0.25) is 0 Å². The van der Waals surface area contributed by atoms with Crippen molar-refractivity contribution >= 4 is 11.3 Å². The average Bonchev–Trinajstić information content (AvgIpc) is 3.15. The molecular formula is C18H17NO3S. The van der Waals surface area contributed by atoms with E-state index in [0.29, 0.717) is 17.2 Å². The van der Waals surface area contributed by atoms with E-state index >= 15 is 0 Å². The Morgan fingerprint density at radius 3 is 2.09 bits per heavy atom. The molecule has 3 rings (SSSR count). The van der Waals surface area contributed by atoms with Gasteiger partial charge in [0.1, 0.15) is 5.01 Å². The van der Waals surface area contributed by atoms with E-state index < -0.39 is 0 Å². The smallest absolute Gasteiger partial charge is 0.203 e. The molecule has 0 saturated carbocycles. The molecule has 4 nitrogen and oxygen atoms in total. The zero-order valence-corrected chi connectivity index (χ0v) is 14.0. The van der Waals surface area contributed by atoms with Crippen molar-refractivity contribution in [2.45, 2.75) is 0 Å². The standard InChI is InChI=1S/C18H17NO3S/c1-20-15-10-14(11-16(21-2)17(15)22-3)12-5-4-6-13(9-12)18-19-7-8-23-18/h4-11H,1-3H3. The Morgan fingerprint density at radius 1 is 0.826 bits per heavy atom. The number of benzene rings is 2. The first kappa shape index (κ1) is 15.4. The molecule has 0 aliphatic carbocycles. The molecule has 0 spiro atoms. The summed E-state index contributed by atoms with van der Waals surface area (Å²) in [6, 6.07) is 12.1. The quantitative estimate of drug-likeness (QED) is 0.691. The number of aromatic nitrogens is 1. The minimum Gasteiger partial charge on any atom is -0.493 e. The summed E-state index contributed by atoms with van der Waals surface area (Å²) in [5.74, 6) is 1.87. The van der Waals surface area contributed by atoms with Crippen LogP contribution in [-0.2, 0) is 0 Å². The largest absolute Gasteiger partial charge is 0.493 e. The predicted octanol–water partition coefficient (Wildman–Crippen LogP) is 4.50. The van der Waals surface area contributed by atoms with Crippen molar-refractivity contribution in [3.8, 4) is 38.9 Å². The number of methoxy groups -OCH3 is 3. The molecule has 0 atom stereocenters. The van der Waals surface area contributed by atoms with Crippen LogP contribution >= 0.6 is 11.3 Å². The summed E-state index contributed by atoms with van der Waals surface area (Å²) >= 11 is 1.62. The summed E-state index contributed by atoms with van der Waals surface area (Å²) < 4.78 is 16.2. The third kappa shape index (κ3) is 3.00. The van der Waals surface area contributed by atoms with Gasteiger partial charge in [-0.15, -0.1) is 11.3 Å². The molecule has 118 valence electrons. The number of thiazole rings is 1. The summed E-state index contributed by atoms with van der Waals surface area (Å²) in [5.41, 5.74) is 3.15. The van der Waals surface area contributed by atoms with Gasteiger partial charge in [-0.05, 0) is 29.3 Å². The van der Waals surface area contributed by atoms with E-state index in [1.807, 2.05) is 29.8 Å². The number of nitrogens with zero attached hydrogens (tertiary/aromatic N) is 1. The second-order valence-electron chi connectivity index (χ2n) is 4.83. The van der Waals surface area contributed by atoms with Gasteiger partial charge in [0.05, 0.1) is 21.3 Å². The molecule has 0 radical (unpaired) electrons. The molecule has 0 unspecified atom stereocenters. The van der Waals surface area contributed by atoms with Gasteiger partial charge in [0.15, 0.2) is 11.5 Å².